The van der Waals surface area contributed by atoms with Crippen LogP contribution in [0.3, 0.4) is 0 Å². The first-order valence-corrected chi connectivity index (χ1v) is 9.45. The second-order valence-electron chi connectivity index (χ2n) is 6.83. The molecule has 0 radical (unpaired) electrons. The van der Waals surface area contributed by atoms with Gasteiger partial charge in [0.05, 0.1) is 6.54 Å². The van der Waals surface area contributed by atoms with Gasteiger partial charge in [0.25, 0.3) is 0 Å². The van der Waals surface area contributed by atoms with Crippen LogP contribution in [0, 0.1) is 6.92 Å². The van der Waals surface area contributed by atoms with E-state index in [1.807, 2.05) is 31.2 Å². The number of hydrogen-bond acceptors (Lipinski definition) is 4. The van der Waals surface area contributed by atoms with Crippen molar-refractivity contribution >= 4 is 35.0 Å². The van der Waals surface area contributed by atoms with E-state index >= 15 is 0 Å². The lowest BCUT2D eigenvalue weighted by Crippen LogP contribution is -2.41. The Balaban J connectivity index is 1.43. The smallest absolute Gasteiger partial charge is 0.323 e. The van der Waals surface area contributed by atoms with Gasteiger partial charge in [0.1, 0.15) is 0 Å². The minimum atomic E-state index is -0.288. The van der Waals surface area contributed by atoms with Crippen LogP contribution in [0.15, 0.2) is 41.4 Å². The Morgan fingerprint density at radius 3 is 2.67 bits per heavy atom. The summed E-state index contributed by atoms with van der Waals surface area (Å²) < 4.78 is 0. The molecule has 0 fully saturated rings. The van der Waals surface area contributed by atoms with E-state index < -0.39 is 0 Å². The van der Waals surface area contributed by atoms with Crippen LogP contribution >= 0.6 is 11.6 Å². The van der Waals surface area contributed by atoms with Crippen molar-refractivity contribution in [3.63, 3.8) is 0 Å². The highest BCUT2D eigenvalue weighted by Crippen LogP contribution is 2.24. The van der Waals surface area contributed by atoms with Gasteiger partial charge in [-0.2, -0.15) is 0 Å². The monoisotopic (exact) mass is 383 g/mol. The van der Waals surface area contributed by atoms with Gasteiger partial charge in [-0.05, 0) is 54.3 Å². The normalized spacial score (nSPS) is 15.6. The lowest BCUT2D eigenvalue weighted by Gasteiger charge is -2.30. The van der Waals surface area contributed by atoms with Crippen LogP contribution in [-0.4, -0.2) is 36.5 Å². The standard InChI is InChI=1S/C20H22ClN5O/c1-13-2-4-17(11-18(13)21)25-20(27)24-16-5-3-14-6-9-26(12-15(14)10-16)19-22-7-8-23-19/h2-5,10-11H,6-9,12H2,1H3,(H,22,23)(H2,24,25,27). The highest BCUT2D eigenvalue weighted by atomic mass is 35.5. The number of guanidine groups is 1. The molecule has 0 saturated carbocycles. The summed E-state index contributed by atoms with van der Waals surface area (Å²) in [5.74, 6) is 0.980. The van der Waals surface area contributed by atoms with Crippen molar-refractivity contribution in [3.05, 3.63) is 58.1 Å². The summed E-state index contributed by atoms with van der Waals surface area (Å²) in [5.41, 5.74) is 4.95. The number of carbonyl (C=O) groups excluding carboxylic acids is 1. The summed E-state index contributed by atoms with van der Waals surface area (Å²) in [6.45, 7) is 5.42. The summed E-state index contributed by atoms with van der Waals surface area (Å²) >= 11 is 6.11. The van der Waals surface area contributed by atoms with Gasteiger partial charge in [0.15, 0.2) is 5.96 Å². The molecule has 0 saturated heterocycles. The first-order chi connectivity index (χ1) is 13.1. The Morgan fingerprint density at radius 1 is 1.15 bits per heavy atom. The largest absolute Gasteiger partial charge is 0.354 e. The SMILES string of the molecule is Cc1ccc(NC(=O)Nc2ccc3c(c2)CN(C2=NCCN2)CC3)cc1Cl. The van der Waals surface area contributed by atoms with Crippen molar-refractivity contribution in [1.29, 1.82) is 0 Å². The molecule has 6 nitrogen and oxygen atoms in total. The van der Waals surface area contributed by atoms with Gasteiger partial charge in [0.2, 0.25) is 0 Å². The first kappa shape index (κ1) is 17.7. The average molecular weight is 384 g/mol. The summed E-state index contributed by atoms with van der Waals surface area (Å²) in [6.07, 6.45) is 0.977. The second-order valence-corrected chi connectivity index (χ2v) is 7.24. The van der Waals surface area contributed by atoms with Crippen LogP contribution < -0.4 is 16.0 Å². The number of benzene rings is 2. The molecule has 0 bridgehead atoms. The summed E-state index contributed by atoms with van der Waals surface area (Å²) in [6, 6.07) is 11.3. The number of aliphatic imine (C=N–C) groups is 1. The summed E-state index contributed by atoms with van der Waals surface area (Å²) in [7, 11) is 0. The third kappa shape index (κ3) is 4.01. The van der Waals surface area contributed by atoms with E-state index in [4.69, 9.17) is 11.6 Å². The van der Waals surface area contributed by atoms with E-state index in [1.54, 1.807) is 6.07 Å². The fraction of sp³-hybridized carbons (Fsp3) is 0.300. The number of hydrogen-bond donors (Lipinski definition) is 3. The zero-order valence-corrected chi connectivity index (χ0v) is 15.9. The van der Waals surface area contributed by atoms with Crippen LogP contribution in [0.1, 0.15) is 16.7 Å². The molecule has 7 heteroatoms. The molecule has 2 aromatic rings. The Kier molecular flexibility index (Phi) is 4.90. The average Bonchev–Trinajstić information content (AvgIpc) is 3.19. The van der Waals surface area contributed by atoms with Crippen LogP contribution in [0.4, 0.5) is 16.2 Å². The van der Waals surface area contributed by atoms with Crippen molar-refractivity contribution in [1.82, 2.24) is 10.2 Å². The number of nitrogens with zero attached hydrogens (tertiary/aromatic N) is 2. The molecule has 2 amide bonds. The first-order valence-electron chi connectivity index (χ1n) is 9.08. The van der Waals surface area contributed by atoms with Gasteiger partial charge in [-0.25, -0.2) is 4.79 Å². The Bertz CT molecular complexity index is 911. The number of urea groups is 1. The van der Waals surface area contributed by atoms with Gasteiger partial charge in [-0.15, -0.1) is 0 Å². The Hall–Kier alpha value is -2.73. The zero-order valence-electron chi connectivity index (χ0n) is 15.2. The third-order valence-electron chi connectivity index (χ3n) is 4.86. The number of nitrogens with one attached hydrogen (secondary N) is 3. The van der Waals surface area contributed by atoms with Crippen LogP contribution in [0.2, 0.25) is 5.02 Å². The number of rotatable bonds is 2. The Labute approximate surface area is 163 Å². The maximum atomic E-state index is 12.3. The van der Waals surface area contributed by atoms with Crippen LogP contribution in [-0.2, 0) is 13.0 Å². The fourth-order valence-electron chi connectivity index (χ4n) is 3.38. The van der Waals surface area contributed by atoms with Gasteiger partial charge < -0.3 is 20.9 Å². The van der Waals surface area contributed by atoms with Gasteiger partial charge in [-0.1, -0.05) is 23.7 Å². The number of fused-ring (bicyclic) bond motifs is 1. The molecular formula is C20H22ClN5O. The molecule has 4 rings (SSSR count). The Morgan fingerprint density at radius 2 is 1.93 bits per heavy atom. The molecule has 0 aliphatic carbocycles. The zero-order chi connectivity index (χ0) is 18.8. The van der Waals surface area contributed by atoms with Crippen molar-refractivity contribution < 1.29 is 4.79 Å². The molecule has 0 spiro atoms. The molecular weight excluding hydrogens is 362 g/mol. The number of anilines is 2. The highest BCUT2D eigenvalue weighted by molar-refractivity contribution is 6.31. The molecule has 0 aromatic heterocycles. The molecule has 27 heavy (non-hydrogen) atoms. The van der Waals surface area contributed by atoms with Crippen molar-refractivity contribution in [3.8, 4) is 0 Å². The number of carbonyl (C=O) groups is 1. The molecule has 140 valence electrons. The van der Waals surface area contributed by atoms with Gasteiger partial charge in [0, 0.05) is 36.0 Å². The quantitative estimate of drug-likeness (QED) is 0.742. The minimum Gasteiger partial charge on any atom is -0.354 e. The molecule has 0 atom stereocenters. The van der Waals surface area contributed by atoms with Gasteiger partial charge >= 0.3 is 6.03 Å². The third-order valence-corrected chi connectivity index (χ3v) is 5.27. The van der Waals surface area contributed by atoms with E-state index in [0.29, 0.717) is 10.7 Å². The lowest BCUT2D eigenvalue weighted by molar-refractivity contribution is 0.262. The predicted molar refractivity (Wildman–Crippen MR) is 110 cm³/mol. The van der Waals surface area contributed by atoms with E-state index in [-0.39, 0.29) is 6.03 Å². The molecule has 2 aliphatic heterocycles. The molecule has 2 heterocycles. The molecule has 2 aromatic carbocycles. The van der Waals surface area contributed by atoms with Crippen LogP contribution in [0.25, 0.3) is 0 Å². The van der Waals surface area contributed by atoms with Crippen molar-refractivity contribution in [2.75, 3.05) is 30.3 Å². The molecule has 2 aliphatic rings. The minimum absolute atomic E-state index is 0.288. The van der Waals surface area contributed by atoms with Gasteiger partial charge in [-0.3, -0.25) is 4.99 Å². The van der Waals surface area contributed by atoms with E-state index in [9.17, 15) is 4.79 Å². The van der Waals surface area contributed by atoms with E-state index in [0.717, 1.165) is 49.8 Å². The lowest BCUT2D eigenvalue weighted by atomic mass is 9.99. The predicted octanol–water partition coefficient (Wildman–Crippen LogP) is 3.61. The highest BCUT2D eigenvalue weighted by Gasteiger charge is 2.21. The molecule has 3 N–H and O–H groups in total. The van der Waals surface area contributed by atoms with E-state index in [1.165, 1.54) is 11.1 Å². The summed E-state index contributed by atoms with van der Waals surface area (Å²) in [5, 5.41) is 9.67. The fourth-order valence-corrected chi connectivity index (χ4v) is 3.56. The number of halogens is 1. The van der Waals surface area contributed by atoms with E-state index in [2.05, 4.69) is 31.9 Å². The van der Waals surface area contributed by atoms with Crippen molar-refractivity contribution in [2.45, 2.75) is 19.9 Å². The topological polar surface area (TPSA) is 68.8 Å². The summed E-state index contributed by atoms with van der Waals surface area (Å²) in [4.78, 5) is 19.1. The number of amides is 2. The molecule has 0 unspecified atom stereocenters. The maximum Gasteiger partial charge on any atom is 0.323 e. The maximum absolute atomic E-state index is 12.3. The number of aryl methyl sites for hydroxylation is 1. The second kappa shape index (κ2) is 7.48. The van der Waals surface area contributed by atoms with Crippen molar-refractivity contribution in [2.24, 2.45) is 4.99 Å². The van der Waals surface area contributed by atoms with Crippen LogP contribution in [0.5, 0.6) is 0 Å².